The zero-order chi connectivity index (χ0) is 3.41. The van der Waals surface area contributed by atoms with Gasteiger partial charge in [0.2, 0.25) is 0 Å². The van der Waals surface area contributed by atoms with Gasteiger partial charge in [0.15, 0.2) is 0 Å². The van der Waals surface area contributed by atoms with E-state index in [9.17, 15) is 0 Å². The third-order valence-electron chi connectivity index (χ3n) is 0.250. The van der Waals surface area contributed by atoms with Crippen molar-refractivity contribution >= 4 is 0 Å². The maximum atomic E-state index is 2.20. The molecule has 0 aromatic rings. The maximum absolute atomic E-state index is 2.20. The Hall–Kier alpha value is 1.75. The van der Waals surface area contributed by atoms with Crippen LogP contribution in [0.4, 0.5) is 0 Å². The van der Waals surface area contributed by atoms with E-state index in [-0.39, 0.29) is 37.2 Å². The van der Waals surface area contributed by atoms with E-state index < -0.39 is 0 Å². The minimum absolute atomic E-state index is 0. The fraction of sp³-hybridized carbons (Fsp3) is 1.00. The SMILES string of the molecule is CC[CH2][Zr+3].[Cl-].[Cl-].[Cl-]. The van der Waals surface area contributed by atoms with Crippen molar-refractivity contribution in [2.24, 2.45) is 0 Å². The average molecular weight is 241 g/mol. The third kappa shape index (κ3) is 33.9. The Kier molecular flexibility index (Phi) is 83.5. The minimum Gasteiger partial charge on any atom is -1.00 e. The summed E-state index contributed by atoms with van der Waals surface area (Å²) >= 11 is 1.67. The molecule has 0 amide bonds. The van der Waals surface area contributed by atoms with Crippen LogP contribution in [-0.4, -0.2) is 0 Å². The van der Waals surface area contributed by atoms with Crippen LogP contribution in [0.3, 0.4) is 0 Å². The normalized spacial score (nSPS) is 4.43. The van der Waals surface area contributed by atoms with Gasteiger partial charge in [-0.15, -0.1) is 0 Å². The molecule has 0 aliphatic rings. The Bertz CT molecular complexity index is 12.1. The van der Waals surface area contributed by atoms with Crippen LogP contribution in [0.1, 0.15) is 13.3 Å². The van der Waals surface area contributed by atoms with Gasteiger partial charge in [-0.05, 0) is 0 Å². The first-order valence-electron chi connectivity index (χ1n) is 1.56. The van der Waals surface area contributed by atoms with E-state index in [1.54, 1.807) is 24.7 Å². The van der Waals surface area contributed by atoms with Crippen molar-refractivity contribution in [1.29, 1.82) is 0 Å². The van der Waals surface area contributed by atoms with Gasteiger partial charge in [-0.25, -0.2) is 0 Å². The summed E-state index contributed by atoms with van der Waals surface area (Å²) in [6.45, 7) is 2.20. The standard InChI is InChI=1S/C3H7.3ClH.Zr/c1-3-2;;;;/h1,3H2,2H3;3*1H;/q;;;;+3/p-3. The molecule has 0 radical (unpaired) electrons. The number of hydrogen-bond acceptors (Lipinski definition) is 0. The summed E-state index contributed by atoms with van der Waals surface area (Å²) in [7, 11) is 0. The van der Waals surface area contributed by atoms with Crippen molar-refractivity contribution in [2.75, 3.05) is 0 Å². The van der Waals surface area contributed by atoms with Gasteiger partial charge in [-0.2, -0.15) is 0 Å². The molecule has 7 heavy (non-hydrogen) atoms. The zero-order valence-electron chi connectivity index (χ0n) is 4.05. The molecule has 0 aliphatic heterocycles. The van der Waals surface area contributed by atoms with Crippen LogP contribution in [0.25, 0.3) is 0 Å². The molecule has 0 bridgehead atoms. The van der Waals surface area contributed by atoms with Crippen molar-refractivity contribution < 1.29 is 61.9 Å². The van der Waals surface area contributed by atoms with Gasteiger partial charge in [-0.1, -0.05) is 0 Å². The minimum atomic E-state index is 0. The van der Waals surface area contributed by atoms with Gasteiger partial charge in [-0.3, -0.25) is 0 Å². The van der Waals surface area contributed by atoms with E-state index >= 15 is 0 Å². The van der Waals surface area contributed by atoms with E-state index in [1.165, 1.54) is 10.5 Å². The zero-order valence-corrected chi connectivity index (χ0v) is 8.77. The van der Waals surface area contributed by atoms with Crippen molar-refractivity contribution in [1.82, 2.24) is 0 Å². The van der Waals surface area contributed by atoms with Crippen LogP contribution in [0.15, 0.2) is 0 Å². The molecule has 0 aromatic carbocycles. The molecule has 0 N–H and O–H groups in total. The maximum Gasteiger partial charge on any atom is -1.00 e. The fourth-order valence-corrected chi connectivity index (χ4v) is 0. The fourth-order valence-electron chi connectivity index (χ4n) is 0. The van der Waals surface area contributed by atoms with Gasteiger partial charge in [0.1, 0.15) is 0 Å². The second-order valence-corrected chi connectivity index (χ2v) is 1.98. The van der Waals surface area contributed by atoms with E-state index in [1.807, 2.05) is 0 Å². The van der Waals surface area contributed by atoms with Crippen LogP contribution in [0, 0.1) is 0 Å². The molecule has 0 fully saturated rings. The van der Waals surface area contributed by atoms with Crippen molar-refractivity contribution in [2.45, 2.75) is 17.5 Å². The molecule has 44 valence electrons. The first kappa shape index (κ1) is 23.3. The molecule has 0 aliphatic carbocycles. The molecule has 0 saturated carbocycles. The summed E-state index contributed by atoms with van der Waals surface area (Å²) in [5.74, 6) is 0. The molecule has 0 atom stereocenters. The summed E-state index contributed by atoms with van der Waals surface area (Å²) < 4.78 is 1.41. The van der Waals surface area contributed by atoms with E-state index in [2.05, 4.69) is 6.92 Å². The molecule has 0 spiro atoms. The monoisotopic (exact) mass is 238 g/mol. The molecule has 0 saturated heterocycles. The van der Waals surface area contributed by atoms with Gasteiger partial charge in [0, 0.05) is 0 Å². The van der Waals surface area contributed by atoms with Gasteiger partial charge < -0.3 is 37.2 Å². The Morgan fingerprint density at radius 2 is 1.29 bits per heavy atom. The summed E-state index contributed by atoms with van der Waals surface area (Å²) in [5, 5.41) is 0. The van der Waals surface area contributed by atoms with Crippen molar-refractivity contribution in [3.05, 3.63) is 0 Å². The Labute approximate surface area is 78.9 Å². The quantitative estimate of drug-likeness (QED) is 0.427. The predicted molar refractivity (Wildman–Crippen MR) is 15.1 cm³/mol. The van der Waals surface area contributed by atoms with Crippen LogP contribution in [0.2, 0.25) is 4.13 Å². The third-order valence-corrected chi connectivity index (χ3v) is 1.48. The summed E-state index contributed by atoms with van der Waals surface area (Å²) in [5.41, 5.74) is 0. The van der Waals surface area contributed by atoms with Crippen molar-refractivity contribution in [3.63, 3.8) is 0 Å². The molecule has 4 heteroatoms. The van der Waals surface area contributed by atoms with Gasteiger partial charge in [0.05, 0.1) is 0 Å². The number of halogens is 3. The Morgan fingerprint density at radius 1 is 1.14 bits per heavy atom. The second-order valence-electron chi connectivity index (χ2n) is 0.750. The van der Waals surface area contributed by atoms with E-state index in [0.717, 1.165) is 0 Å². The number of hydrogen-bond donors (Lipinski definition) is 0. The summed E-state index contributed by atoms with van der Waals surface area (Å²) in [6.07, 6.45) is 1.36. The van der Waals surface area contributed by atoms with E-state index in [0.29, 0.717) is 0 Å². The predicted octanol–water partition coefficient (Wildman–Crippen LogP) is -7.63. The Balaban J connectivity index is -0.0000000150. The molecule has 0 rings (SSSR count). The topological polar surface area (TPSA) is 0 Å². The van der Waals surface area contributed by atoms with Crippen molar-refractivity contribution in [3.8, 4) is 0 Å². The first-order chi connectivity index (χ1) is 1.91. The number of rotatable bonds is 1. The van der Waals surface area contributed by atoms with Gasteiger partial charge >= 0.3 is 42.2 Å². The Morgan fingerprint density at radius 3 is 1.29 bits per heavy atom. The average Bonchev–Trinajstić information content (AvgIpc) is 1.37. The molecular formula is C3H7Cl3Zr. The van der Waals surface area contributed by atoms with Crippen LogP contribution < -0.4 is 37.2 Å². The van der Waals surface area contributed by atoms with E-state index in [4.69, 9.17) is 0 Å². The van der Waals surface area contributed by atoms with Crippen LogP contribution >= 0.6 is 0 Å². The second kappa shape index (κ2) is 25.1. The smallest absolute Gasteiger partial charge is 1.00 e. The molecular weight excluding hydrogens is 234 g/mol. The molecule has 0 nitrogen and oxygen atoms in total. The molecule has 0 unspecified atom stereocenters. The molecule has 0 aromatic heterocycles. The van der Waals surface area contributed by atoms with Gasteiger partial charge in [0.25, 0.3) is 0 Å². The molecule has 0 heterocycles. The summed E-state index contributed by atoms with van der Waals surface area (Å²) in [6, 6.07) is 0. The van der Waals surface area contributed by atoms with Crippen LogP contribution in [0.5, 0.6) is 0 Å². The first-order valence-corrected chi connectivity index (χ1v) is 3.30. The van der Waals surface area contributed by atoms with Crippen LogP contribution in [-0.2, 0) is 24.7 Å². The largest absolute Gasteiger partial charge is 1.00 e. The summed E-state index contributed by atoms with van der Waals surface area (Å²) in [4.78, 5) is 0.